The highest BCUT2D eigenvalue weighted by molar-refractivity contribution is 7.98. The molecule has 0 unspecified atom stereocenters. The summed E-state index contributed by atoms with van der Waals surface area (Å²) in [6.45, 7) is 2.74. The van der Waals surface area contributed by atoms with Gasteiger partial charge in [0.1, 0.15) is 22.8 Å². The molecule has 3 aliphatic carbocycles. The summed E-state index contributed by atoms with van der Waals surface area (Å²) >= 11 is 3.37. The molecule has 10 nitrogen and oxygen atoms in total. The number of halogens is 1. The molecule has 0 aliphatic heterocycles. The third kappa shape index (κ3) is 6.40. The average molecular weight is 755 g/mol. The number of phenolic OH excluding ortho intramolecular Hbond substituents is 1. The maximum atomic E-state index is 16.3. The molecule has 2 bridgehead atoms. The van der Waals surface area contributed by atoms with Gasteiger partial charge in [0.2, 0.25) is 0 Å². The number of rotatable bonds is 14. The highest BCUT2D eigenvalue weighted by Gasteiger charge is 2.52. The van der Waals surface area contributed by atoms with Crippen molar-refractivity contribution in [3.8, 4) is 16.9 Å². The number of hydrogen-bond acceptors (Lipinski definition) is 9. The molecule has 2 N–H and O–H groups in total. The lowest BCUT2D eigenvalue weighted by Crippen LogP contribution is -2.52. The highest BCUT2D eigenvalue weighted by Crippen LogP contribution is 2.59. The summed E-state index contributed by atoms with van der Waals surface area (Å²) in [5.74, 6) is 3.37. The molecular weight excluding hydrogens is 712 g/mol. The van der Waals surface area contributed by atoms with Crippen molar-refractivity contribution in [2.45, 2.75) is 61.3 Å². The molecular formula is C40H43FN6O4S2. The van der Waals surface area contributed by atoms with Crippen LogP contribution in [0.3, 0.4) is 0 Å². The Morgan fingerprint density at radius 1 is 1.06 bits per heavy atom. The highest BCUT2D eigenvalue weighted by atomic mass is 32.2. The average Bonchev–Trinajstić information content (AvgIpc) is 3.73. The SMILES string of the molecule is COC(=O)c1c(CCCO)c2ccc(F)c(-c3c(C)nn(CC4C5CC4C5)c3CSCc3cc(CSc4cc(O)c5ncccc5c4)n(C)n3)c2n1C. The van der Waals surface area contributed by atoms with Gasteiger partial charge in [-0.3, -0.25) is 14.3 Å². The summed E-state index contributed by atoms with van der Waals surface area (Å²) in [7, 11) is 5.09. The standard InChI is InChI=1S/C40H43FN6O4S2/c1-22-35(36-32(41)10-9-30-29(8-6-12-48)39(40(50)51-4)45(2)38(30)36)33(47(43-22)18-31-24-13-25(31)14-24)21-52-19-26-16-27(46(3)44-26)20-53-28-15-23-7-5-11-42-37(23)34(49)17-28/h5,7,9-11,15-17,24-25,31,48-49H,6,8,12-14,18-21H2,1-4H3. The van der Waals surface area contributed by atoms with Crippen molar-refractivity contribution in [3.63, 3.8) is 0 Å². The first kappa shape index (κ1) is 35.7. The van der Waals surface area contributed by atoms with E-state index >= 15 is 4.39 Å². The summed E-state index contributed by atoms with van der Waals surface area (Å²) in [5, 5.41) is 31.7. The zero-order valence-electron chi connectivity index (χ0n) is 30.3. The van der Waals surface area contributed by atoms with E-state index in [1.54, 1.807) is 53.5 Å². The lowest BCUT2D eigenvalue weighted by molar-refractivity contribution is -0.0916. The van der Waals surface area contributed by atoms with Crippen LogP contribution in [0, 0.1) is 30.5 Å². The van der Waals surface area contributed by atoms with Crippen molar-refractivity contribution in [1.29, 1.82) is 0 Å². The van der Waals surface area contributed by atoms with Gasteiger partial charge in [-0.1, -0.05) is 6.07 Å². The molecule has 3 saturated carbocycles. The van der Waals surface area contributed by atoms with E-state index in [1.807, 2.05) is 36.9 Å². The number of carbonyl (C=O) groups is 1. The second-order valence-corrected chi connectivity index (χ2v) is 16.4. The van der Waals surface area contributed by atoms with Gasteiger partial charge >= 0.3 is 5.97 Å². The van der Waals surface area contributed by atoms with E-state index in [4.69, 9.17) is 14.9 Å². The van der Waals surface area contributed by atoms with Crippen molar-refractivity contribution in [2.75, 3.05) is 13.7 Å². The first-order chi connectivity index (χ1) is 25.7. The molecule has 4 aromatic heterocycles. The second-order valence-electron chi connectivity index (χ2n) is 14.3. The fourth-order valence-electron chi connectivity index (χ4n) is 8.27. The van der Waals surface area contributed by atoms with E-state index in [0.29, 0.717) is 58.3 Å². The molecule has 53 heavy (non-hydrogen) atoms. The number of ether oxygens (including phenoxy) is 1. The van der Waals surface area contributed by atoms with Gasteiger partial charge in [0.05, 0.1) is 29.7 Å². The first-order valence-corrected chi connectivity index (χ1v) is 20.2. The lowest BCUT2D eigenvalue weighted by Gasteiger charge is -2.58. The molecule has 2 aromatic carbocycles. The molecule has 0 radical (unpaired) electrons. The molecule has 3 aliphatic rings. The smallest absolute Gasteiger partial charge is 0.354 e. The predicted octanol–water partition coefficient (Wildman–Crippen LogP) is 7.57. The van der Waals surface area contributed by atoms with Crippen LogP contribution in [0.1, 0.15) is 58.1 Å². The zero-order chi connectivity index (χ0) is 37.0. The fraction of sp³-hybridized carbons (Fsp3) is 0.400. The van der Waals surface area contributed by atoms with Crippen LogP contribution in [0.5, 0.6) is 5.75 Å². The van der Waals surface area contributed by atoms with Crippen LogP contribution in [0.2, 0.25) is 0 Å². The number of aryl methyl sites for hydroxylation is 4. The maximum Gasteiger partial charge on any atom is 0.354 e. The second kappa shape index (κ2) is 14.5. The van der Waals surface area contributed by atoms with Crippen LogP contribution < -0.4 is 0 Å². The van der Waals surface area contributed by atoms with Gasteiger partial charge in [0.15, 0.2) is 0 Å². The molecule has 13 heteroatoms. The van der Waals surface area contributed by atoms with E-state index in [0.717, 1.165) is 68.0 Å². The number of hydrogen-bond donors (Lipinski definition) is 2. The van der Waals surface area contributed by atoms with E-state index in [2.05, 4.69) is 15.7 Å². The van der Waals surface area contributed by atoms with Gasteiger partial charge < -0.3 is 19.5 Å². The van der Waals surface area contributed by atoms with Gasteiger partial charge in [-0.15, -0.1) is 23.5 Å². The number of fused-ring (bicyclic) bond motifs is 2. The number of thioether (sulfide) groups is 2. The molecule has 0 spiro atoms. The Balaban J connectivity index is 1.09. The Morgan fingerprint density at radius 3 is 2.60 bits per heavy atom. The van der Waals surface area contributed by atoms with Crippen molar-refractivity contribution in [1.82, 2.24) is 29.1 Å². The molecule has 3 fully saturated rings. The Morgan fingerprint density at radius 2 is 1.87 bits per heavy atom. The third-order valence-corrected chi connectivity index (χ3v) is 13.2. The van der Waals surface area contributed by atoms with Crippen molar-refractivity contribution in [2.24, 2.45) is 31.8 Å². The fourth-order valence-corrected chi connectivity index (χ4v) is 10.2. The molecule has 4 heterocycles. The van der Waals surface area contributed by atoms with Crippen LogP contribution in [0.25, 0.3) is 32.9 Å². The number of aliphatic hydroxyl groups excluding tert-OH is 1. The Bertz CT molecular complexity index is 2350. The number of nitrogens with zero attached hydrogens (tertiary/aromatic N) is 6. The van der Waals surface area contributed by atoms with Crippen LogP contribution in [0.15, 0.2) is 53.6 Å². The van der Waals surface area contributed by atoms with Gasteiger partial charge in [-0.25, -0.2) is 9.18 Å². The molecule has 276 valence electrons. The monoisotopic (exact) mass is 754 g/mol. The van der Waals surface area contributed by atoms with Crippen molar-refractivity contribution < 1.29 is 24.1 Å². The van der Waals surface area contributed by atoms with E-state index in [-0.39, 0.29) is 18.2 Å². The summed E-state index contributed by atoms with van der Waals surface area (Å²) in [6, 6.07) is 13.0. The minimum absolute atomic E-state index is 0.0228. The number of aliphatic hydroxyl groups is 1. The quantitative estimate of drug-likeness (QED) is 0.0858. The zero-order valence-corrected chi connectivity index (χ0v) is 31.9. The van der Waals surface area contributed by atoms with Crippen LogP contribution in [-0.2, 0) is 49.1 Å². The Hall–Kier alpha value is -4.33. The number of pyridine rings is 1. The van der Waals surface area contributed by atoms with E-state index in [1.165, 1.54) is 26.0 Å². The number of carbonyl (C=O) groups excluding carboxylic acids is 1. The topological polar surface area (TPSA) is 120 Å². The van der Waals surface area contributed by atoms with Gasteiger partial charge in [0, 0.05) is 83.2 Å². The molecule has 6 aromatic rings. The van der Waals surface area contributed by atoms with Gasteiger partial charge in [0.25, 0.3) is 0 Å². The summed E-state index contributed by atoms with van der Waals surface area (Å²) in [4.78, 5) is 18.3. The van der Waals surface area contributed by atoms with E-state index in [9.17, 15) is 15.0 Å². The summed E-state index contributed by atoms with van der Waals surface area (Å²) in [6.07, 6.45) is 5.20. The van der Waals surface area contributed by atoms with Gasteiger partial charge in [-0.2, -0.15) is 10.2 Å². The number of phenols is 1. The minimum atomic E-state index is -0.490. The van der Waals surface area contributed by atoms with Crippen molar-refractivity contribution in [3.05, 3.63) is 88.5 Å². The largest absolute Gasteiger partial charge is 0.506 e. The number of esters is 1. The van der Waals surface area contributed by atoms with E-state index < -0.39 is 5.97 Å². The Kier molecular flexibility index (Phi) is 9.75. The Labute approximate surface area is 315 Å². The summed E-state index contributed by atoms with van der Waals surface area (Å²) in [5.41, 5.74) is 7.30. The molecule has 0 atom stereocenters. The van der Waals surface area contributed by atoms with Crippen LogP contribution in [0.4, 0.5) is 4.39 Å². The van der Waals surface area contributed by atoms with Crippen LogP contribution >= 0.6 is 23.5 Å². The normalized spacial score (nSPS) is 17.7. The van der Waals surface area contributed by atoms with Crippen molar-refractivity contribution >= 4 is 51.3 Å². The molecule has 0 saturated heterocycles. The third-order valence-electron chi connectivity index (χ3n) is 11.2. The number of aromatic nitrogens is 6. The lowest BCUT2D eigenvalue weighted by atomic mass is 9.48. The van der Waals surface area contributed by atoms with Crippen LogP contribution in [-0.4, -0.2) is 59.0 Å². The maximum absolute atomic E-state index is 16.3. The predicted molar refractivity (Wildman–Crippen MR) is 206 cm³/mol. The minimum Gasteiger partial charge on any atom is -0.506 e. The first-order valence-electron chi connectivity index (χ1n) is 18.0. The number of methoxy groups -OCH3 is 1. The van der Waals surface area contributed by atoms with Gasteiger partial charge in [-0.05, 0) is 92.3 Å². The number of benzene rings is 2. The number of aromatic hydroxyl groups is 1. The molecule has 0 amide bonds. The summed E-state index contributed by atoms with van der Waals surface area (Å²) < 4.78 is 27.3. The molecule has 9 rings (SSSR count).